The molecule has 5 atom stereocenters. The molecular weight excluding hydrogens is 502 g/mol. The fourth-order valence-electron chi connectivity index (χ4n) is 3.59. The molecule has 0 bridgehead atoms. The number of carboxylic acid groups (broad SMARTS) is 1. The second-order valence-corrected chi connectivity index (χ2v) is 9.26. The van der Waals surface area contributed by atoms with Crippen molar-refractivity contribution in [1.29, 1.82) is 0 Å². The summed E-state index contributed by atoms with van der Waals surface area (Å²) in [5, 5.41) is 18.8. The van der Waals surface area contributed by atoms with Gasteiger partial charge in [0.1, 0.15) is 24.7 Å². The van der Waals surface area contributed by atoms with Gasteiger partial charge in [-0.3, -0.25) is 33.7 Å². The number of likely N-dealkylation sites (tertiary alicyclic amines) is 1. The molecule has 0 radical (unpaired) electrons. The number of hydrogen-bond donors (Lipinski definition) is 7. The van der Waals surface area contributed by atoms with Crippen LogP contribution in [0.4, 0.5) is 0 Å². The Labute approximate surface area is 220 Å². The van der Waals surface area contributed by atoms with Crippen molar-refractivity contribution in [2.45, 2.75) is 77.0 Å². The predicted octanol–water partition coefficient (Wildman–Crippen LogP) is -3.08. The monoisotopic (exact) mass is 541 g/mol. The fourth-order valence-corrected chi connectivity index (χ4v) is 3.59. The molecule has 38 heavy (non-hydrogen) atoms. The summed E-state index contributed by atoms with van der Waals surface area (Å²) in [6, 6.07) is -4.23. The Morgan fingerprint density at radius 2 is 1.71 bits per heavy atom. The van der Waals surface area contributed by atoms with Crippen LogP contribution in [0, 0.1) is 5.92 Å². The van der Waals surface area contributed by atoms with Gasteiger partial charge in [0.05, 0.1) is 19.0 Å². The third kappa shape index (κ3) is 10.0. The number of hydrogen-bond acceptors (Lipinski definition) is 9. The van der Waals surface area contributed by atoms with E-state index in [9.17, 15) is 38.7 Å². The van der Waals surface area contributed by atoms with E-state index < -0.39 is 78.7 Å². The van der Waals surface area contributed by atoms with E-state index in [2.05, 4.69) is 21.3 Å². The van der Waals surface area contributed by atoms with Crippen molar-refractivity contribution >= 4 is 41.4 Å². The molecule has 1 aliphatic heterocycles. The highest BCUT2D eigenvalue weighted by molar-refractivity contribution is 6.09. The van der Waals surface area contributed by atoms with Gasteiger partial charge in [-0.2, -0.15) is 0 Å². The van der Waals surface area contributed by atoms with E-state index in [4.69, 9.17) is 11.5 Å². The zero-order valence-corrected chi connectivity index (χ0v) is 22.0. The van der Waals surface area contributed by atoms with Gasteiger partial charge in [-0.1, -0.05) is 20.3 Å². The first-order chi connectivity index (χ1) is 17.8. The van der Waals surface area contributed by atoms with Crippen LogP contribution in [-0.2, 0) is 33.6 Å². The van der Waals surface area contributed by atoms with E-state index in [-0.39, 0.29) is 18.8 Å². The average molecular weight is 542 g/mol. The molecule has 0 aromatic carbocycles. The van der Waals surface area contributed by atoms with Crippen LogP contribution in [-0.4, -0.2) is 95.2 Å². The Balaban J connectivity index is 2.69. The van der Waals surface area contributed by atoms with E-state index >= 15 is 0 Å². The second kappa shape index (κ2) is 15.6. The average Bonchev–Trinajstić information content (AvgIpc) is 3.11. The highest BCUT2D eigenvalue weighted by Crippen LogP contribution is 2.14. The minimum atomic E-state index is -1.23. The Bertz CT molecular complexity index is 910. The van der Waals surface area contributed by atoms with Crippen molar-refractivity contribution in [2.24, 2.45) is 17.4 Å². The summed E-state index contributed by atoms with van der Waals surface area (Å²) in [7, 11) is 0. The topological polar surface area (TPSA) is 243 Å². The lowest BCUT2D eigenvalue weighted by Gasteiger charge is -2.21. The van der Waals surface area contributed by atoms with Gasteiger partial charge < -0.3 is 37.8 Å². The van der Waals surface area contributed by atoms with Crippen molar-refractivity contribution < 1.29 is 38.7 Å². The van der Waals surface area contributed by atoms with Gasteiger partial charge >= 0.3 is 5.97 Å². The molecule has 6 amide bonds. The molecule has 1 aliphatic rings. The quantitative estimate of drug-likeness (QED) is 0.0767. The zero-order chi connectivity index (χ0) is 29.0. The van der Waals surface area contributed by atoms with Gasteiger partial charge in [0.2, 0.25) is 29.5 Å². The Morgan fingerprint density at radius 3 is 2.26 bits per heavy atom. The number of nitrogens with zero attached hydrogens (tertiary/aromatic N) is 1. The number of imide groups is 1. The summed E-state index contributed by atoms with van der Waals surface area (Å²) in [4.78, 5) is 86.1. The smallest absolute Gasteiger partial charge is 0.326 e. The lowest BCUT2D eigenvalue weighted by molar-refractivity contribution is -0.144. The highest BCUT2D eigenvalue weighted by Gasteiger charge is 2.41. The Morgan fingerprint density at radius 1 is 1.05 bits per heavy atom. The molecule has 15 heteroatoms. The molecule has 9 N–H and O–H groups in total. The number of carboxylic acids is 1. The van der Waals surface area contributed by atoms with Crippen LogP contribution in [0.3, 0.4) is 0 Å². The standard InChI is InChI=1S/C23H39N7O8/c1-4-12(2)19(23(37)38)29-16(31)10-26-17(32)11-30-18(33)9-15(22(30)36)28-21(35)14(7-5-6-8-24)27-20(34)13(3)25/h12-15,19H,4-11,24-25H2,1-3H3,(H,26,32)(H,27,34)(H,28,35)(H,29,31)(H,37,38). The largest absolute Gasteiger partial charge is 0.480 e. The maximum absolute atomic E-state index is 12.8. The third-order valence-corrected chi connectivity index (χ3v) is 6.10. The lowest BCUT2D eigenvalue weighted by Crippen LogP contribution is -2.54. The van der Waals surface area contributed by atoms with Crippen molar-refractivity contribution in [3.8, 4) is 0 Å². The maximum atomic E-state index is 12.8. The molecule has 214 valence electrons. The molecular formula is C23H39N7O8. The summed E-state index contributed by atoms with van der Waals surface area (Å²) >= 11 is 0. The first kappa shape index (κ1) is 32.4. The Hall–Kier alpha value is -3.59. The van der Waals surface area contributed by atoms with E-state index in [1.807, 2.05) is 0 Å². The van der Waals surface area contributed by atoms with Gasteiger partial charge in [-0.05, 0) is 38.6 Å². The number of rotatable bonds is 16. The highest BCUT2D eigenvalue weighted by atomic mass is 16.4. The molecule has 0 aliphatic carbocycles. The van der Waals surface area contributed by atoms with Gasteiger partial charge in [-0.25, -0.2) is 4.79 Å². The molecule has 15 nitrogen and oxygen atoms in total. The third-order valence-electron chi connectivity index (χ3n) is 6.10. The Kier molecular flexibility index (Phi) is 13.3. The summed E-state index contributed by atoms with van der Waals surface area (Å²) in [6.45, 7) is 4.03. The van der Waals surface area contributed by atoms with Gasteiger partial charge in [0.15, 0.2) is 0 Å². The molecule has 1 heterocycles. The molecule has 0 saturated carbocycles. The van der Waals surface area contributed by atoms with Crippen molar-refractivity contribution in [3.05, 3.63) is 0 Å². The molecule has 0 aromatic heterocycles. The van der Waals surface area contributed by atoms with Crippen molar-refractivity contribution in [3.63, 3.8) is 0 Å². The van der Waals surface area contributed by atoms with Crippen LogP contribution >= 0.6 is 0 Å². The first-order valence-electron chi connectivity index (χ1n) is 12.5. The lowest BCUT2D eigenvalue weighted by atomic mass is 9.99. The second-order valence-electron chi connectivity index (χ2n) is 9.26. The number of nitrogens with two attached hydrogens (primary N) is 2. The molecule has 1 rings (SSSR count). The molecule has 0 spiro atoms. The minimum Gasteiger partial charge on any atom is -0.480 e. The van der Waals surface area contributed by atoms with E-state index in [0.717, 1.165) is 0 Å². The molecule has 0 aromatic rings. The van der Waals surface area contributed by atoms with Crippen LogP contribution in [0.2, 0.25) is 0 Å². The fraction of sp³-hybridized carbons (Fsp3) is 0.696. The SMILES string of the molecule is CCC(C)C(NC(=O)CNC(=O)CN1C(=O)CC(NC(=O)C(CCCCN)NC(=O)C(C)N)C1=O)C(=O)O. The zero-order valence-electron chi connectivity index (χ0n) is 22.0. The van der Waals surface area contributed by atoms with Crippen molar-refractivity contribution in [2.75, 3.05) is 19.6 Å². The van der Waals surface area contributed by atoms with E-state index in [1.54, 1.807) is 13.8 Å². The molecule has 1 fully saturated rings. The van der Waals surface area contributed by atoms with Gasteiger partial charge in [0, 0.05) is 0 Å². The summed E-state index contributed by atoms with van der Waals surface area (Å²) in [5.41, 5.74) is 11.0. The number of nitrogens with one attached hydrogen (secondary N) is 4. The van der Waals surface area contributed by atoms with Crippen LogP contribution in [0.5, 0.6) is 0 Å². The van der Waals surface area contributed by atoms with Crippen LogP contribution in [0.1, 0.15) is 52.9 Å². The summed E-state index contributed by atoms with van der Waals surface area (Å²) < 4.78 is 0. The van der Waals surface area contributed by atoms with E-state index in [1.165, 1.54) is 6.92 Å². The van der Waals surface area contributed by atoms with Crippen LogP contribution in [0.25, 0.3) is 0 Å². The molecule has 5 unspecified atom stereocenters. The van der Waals surface area contributed by atoms with E-state index in [0.29, 0.717) is 30.7 Å². The van der Waals surface area contributed by atoms with Gasteiger partial charge in [0.25, 0.3) is 5.91 Å². The summed E-state index contributed by atoms with van der Waals surface area (Å²) in [6.07, 6.45) is 1.49. The number of carbonyl (C=O) groups is 7. The summed E-state index contributed by atoms with van der Waals surface area (Å²) in [5.74, 6) is -5.89. The first-order valence-corrected chi connectivity index (χ1v) is 12.5. The van der Waals surface area contributed by atoms with Crippen molar-refractivity contribution in [1.82, 2.24) is 26.2 Å². The normalized spacial score (nSPS) is 18.2. The number of carbonyl (C=O) groups excluding carboxylic acids is 6. The number of unbranched alkanes of at least 4 members (excludes halogenated alkanes) is 1. The molecule has 1 saturated heterocycles. The minimum absolute atomic E-state index is 0.240. The number of amides is 6. The number of aliphatic carboxylic acids is 1. The van der Waals surface area contributed by atoms with Gasteiger partial charge in [-0.15, -0.1) is 0 Å². The van der Waals surface area contributed by atoms with Crippen LogP contribution < -0.4 is 32.7 Å². The predicted molar refractivity (Wildman–Crippen MR) is 134 cm³/mol. The maximum Gasteiger partial charge on any atom is 0.326 e. The van der Waals surface area contributed by atoms with Crippen LogP contribution in [0.15, 0.2) is 0 Å².